The lowest BCUT2D eigenvalue weighted by atomic mass is 10.3. The molecule has 0 bridgehead atoms. The average molecular weight is 384 g/mol. The molecule has 1 aliphatic heterocycles. The molecule has 1 fully saturated rings. The summed E-state index contributed by atoms with van der Waals surface area (Å²) in [6.07, 6.45) is 0. The monoisotopic (exact) mass is 383 g/mol. The van der Waals surface area contributed by atoms with Crippen LogP contribution in [-0.2, 0) is 4.79 Å². The van der Waals surface area contributed by atoms with Gasteiger partial charge in [0.1, 0.15) is 17.7 Å². The molecule has 1 amide bonds. The Balaban J connectivity index is 1.63. The Morgan fingerprint density at radius 1 is 1.29 bits per heavy atom. The molecule has 0 radical (unpaired) electrons. The number of nitrogens with zero attached hydrogens (tertiary/aromatic N) is 1. The highest BCUT2D eigenvalue weighted by atomic mass is 79.9. The lowest BCUT2D eigenvalue weighted by Gasteiger charge is -2.23. The van der Waals surface area contributed by atoms with Gasteiger partial charge in [-0.25, -0.2) is 0 Å². The molecule has 110 valence electrons. The van der Waals surface area contributed by atoms with Gasteiger partial charge in [0.05, 0.1) is 17.2 Å². The first-order chi connectivity index (χ1) is 10.3. The van der Waals surface area contributed by atoms with Crippen molar-refractivity contribution >= 4 is 44.9 Å². The van der Waals surface area contributed by atoms with Crippen LogP contribution in [0.5, 0.6) is 5.75 Å². The minimum atomic E-state index is 0.103. The highest BCUT2D eigenvalue weighted by molar-refractivity contribution is 9.10. The quantitative estimate of drug-likeness (QED) is 0.775. The zero-order chi connectivity index (χ0) is 14.7. The van der Waals surface area contributed by atoms with E-state index in [1.54, 1.807) is 23.1 Å². The van der Waals surface area contributed by atoms with Crippen LogP contribution in [0.15, 0.2) is 46.3 Å². The van der Waals surface area contributed by atoms with Crippen molar-refractivity contribution in [3.05, 3.63) is 51.1 Å². The average Bonchev–Trinajstić information content (AvgIpc) is 3.07. The maximum absolute atomic E-state index is 12.1. The molecule has 6 heteroatoms. The van der Waals surface area contributed by atoms with Crippen LogP contribution in [0.2, 0.25) is 0 Å². The fraction of sp³-hybridized carbons (Fsp3) is 0.267. The molecule has 3 nitrogen and oxygen atoms in total. The number of thiophene rings is 1. The van der Waals surface area contributed by atoms with E-state index < -0.39 is 0 Å². The Bertz CT molecular complexity index is 617. The van der Waals surface area contributed by atoms with Gasteiger partial charge in [0.2, 0.25) is 5.91 Å². The first kappa shape index (κ1) is 14.9. The largest absolute Gasteiger partial charge is 0.492 e. The zero-order valence-electron chi connectivity index (χ0n) is 11.2. The first-order valence-electron chi connectivity index (χ1n) is 6.57. The van der Waals surface area contributed by atoms with E-state index >= 15 is 0 Å². The molecule has 0 spiro atoms. The Kier molecular flexibility index (Phi) is 4.87. The lowest BCUT2D eigenvalue weighted by Crippen LogP contribution is -2.32. The molecule has 1 aliphatic rings. The smallest absolute Gasteiger partial charge is 0.233 e. The van der Waals surface area contributed by atoms with E-state index in [1.165, 1.54) is 4.88 Å². The van der Waals surface area contributed by atoms with Gasteiger partial charge in [-0.05, 0) is 39.5 Å². The van der Waals surface area contributed by atoms with Gasteiger partial charge in [-0.3, -0.25) is 4.79 Å². The Hall–Kier alpha value is -0.980. The van der Waals surface area contributed by atoms with Crippen LogP contribution in [0.3, 0.4) is 0 Å². The number of carbonyl (C=O) groups excluding carboxylic acids is 1. The SMILES string of the molecule is O=C1CSC(c2sccc2Br)N1CCOc1ccccc1. The van der Waals surface area contributed by atoms with E-state index in [2.05, 4.69) is 15.9 Å². The van der Waals surface area contributed by atoms with E-state index in [1.807, 2.05) is 46.7 Å². The van der Waals surface area contributed by atoms with Crippen LogP contribution in [-0.4, -0.2) is 29.7 Å². The van der Waals surface area contributed by atoms with Gasteiger partial charge in [-0.15, -0.1) is 23.1 Å². The number of ether oxygens (including phenoxy) is 1. The fourth-order valence-corrected chi connectivity index (χ4v) is 5.42. The second kappa shape index (κ2) is 6.85. The minimum Gasteiger partial charge on any atom is -0.492 e. The van der Waals surface area contributed by atoms with Gasteiger partial charge in [0.25, 0.3) is 0 Å². The summed E-state index contributed by atoms with van der Waals surface area (Å²) in [4.78, 5) is 15.2. The summed E-state index contributed by atoms with van der Waals surface area (Å²) in [6, 6.07) is 11.7. The van der Waals surface area contributed by atoms with Crippen LogP contribution >= 0.6 is 39.0 Å². The molecule has 3 rings (SSSR count). The molecule has 1 atom stereocenters. The molecular weight excluding hydrogens is 370 g/mol. The molecule has 2 heterocycles. The third-order valence-electron chi connectivity index (χ3n) is 3.18. The van der Waals surface area contributed by atoms with E-state index in [4.69, 9.17) is 4.74 Å². The highest BCUT2D eigenvalue weighted by Crippen LogP contribution is 2.43. The number of hydrogen-bond donors (Lipinski definition) is 0. The molecule has 1 aromatic carbocycles. The van der Waals surface area contributed by atoms with E-state index in [0.29, 0.717) is 18.9 Å². The van der Waals surface area contributed by atoms with Gasteiger partial charge < -0.3 is 9.64 Å². The molecule has 2 aromatic rings. The normalized spacial score (nSPS) is 18.2. The number of para-hydroxylation sites is 1. The Morgan fingerprint density at radius 3 is 2.81 bits per heavy atom. The van der Waals surface area contributed by atoms with Crippen molar-refractivity contribution in [2.24, 2.45) is 0 Å². The van der Waals surface area contributed by atoms with Crippen LogP contribution in [0.25, 0.3) is 0 Å². The Morgan fingerprint density at radius 2 is 2.10 bits per heavy atom. The lowest BCUT2D eigenvalue weighted by molar-refractivity contribution is -0.128. The van der Waals surface area contributed by atoms with Gasteiger partial charge in [-0.2, -0.15) is 0 Å². The number of amides is 1. The second-order valence-corrected chi connectivity index (χ2v) is 7.42. The summed E-state index contributed by atoms with van der Waals surface area (Å²) in [5.41, 5.74) is 0. The van der Waals surface area contributed by atoms with Gasteiger partial charge in [0.15, 0.2) is 0 Å². The molecule has 0 N–H and O–H groups in total. The molecule has 0 saturated carbocycles. The van der Waals surface area contributed by atoms with E-state index in [9.17, 15) is 4.79 Å². The van der Waals surface area contributed by atoms with Crippen LogP contribution in [0, 0.1) is 0 Å². The predicted molar refractivity (Wildman–Crippen MR) is 90.9 cm³/mol. The van der Waals surface area contributed by atoms with Crippen molar-refractivity contribution in [2.45, 2.75) is 5.37 Å². The zero-order valence-corrected chi connectivity index (χ0v) is 14.4. The maximum atomic E-state index is 12.1. The summed E-state index contributed by atoms with van der Waals surface area (Å²) in [5.74, 6) is 1.56. The summed E-state index contributed by atoms with van der Waals surface area (Å²) < 4.78 is 6.78. The molecule has 1 unspecified atom stereocenters. The van der Waals surface area contributed by atoms with Crippen molar-refractivity contribution < 1.29 is 9.53 Å². The number of benzene rings is 1. The molecule has 1 aromatic heterocycles. The number of hydrogen-bond acceptors (Lipinski definition) is 4. The summed E-state index contributed by atoms with van der Waals surface area (Å²) in [5, 5.41) is 2.15. The van der Waals surface area contributed by atoms with Crippen molar-refractivity contribution in [1.29, 1.82) is 0 Å². The third-order valence-corrected chi connectivity index (χ3v) is 6.47. The standard InChI is InChI=1S/C15H14BrNO2S2/c16-12-6-9-20-14(12)15-17(13(18)10-21-15)7-8-19-11-4-2-1-3-5-11/h1-6,9,15H,7-8,10H2. The summed E-state index contributed by atoms with van der Waals surface area (Å²) >= 11 is 6.91. The van der Waals surface area contributed by atoms with Gasteiger partial charge in [0, 0.05) is 4.47 Å². The predicted octanol–water partition coefficient (Wildman–Crippen LogP) is 4.16. The van der Waals surface area contributed by atoms with Crippen LogP contribution < -0.4 is 4.74 Å². The number of rotatable bonds is 5. The van der Waals surface area contributed by atoms with Crippen LogP contribution in [0.1, 0.15) is 10.3 Å². The van der Waals surface area contributed by atoms with Gasteiger partial charge >= 0.3 is 0 Å². The number of thioether (sulfide) groups is 1. The highest BCUT2D eigenvalue weighted by Gasteiger charge is 2.34. The molecule has 1 saturated heterocycles. The number of carbonyl (C=O) groups is 1. The van der Waals surface area contributed by atoms with Crippen molar-refractivity contribution in [3.63, 3.8) is 0 Å². The van der Waals surface area contributed by atoms with E-state index in [-0.39, 0.29) is 11.3 Å². The molecular formula is C15H14BrNO2S2. The topological polar surface area (TPSA) is 29.5 Å². The fourth-order valence-electron chi connectivity index (χ4n) is 2.17. The second-order valence-electron chi connectivity index (χ2n) is 4.54. The van der Waals surface area contributed by atoms with E-state index in [0.717, 1.165) is 10.2 Å². The first-order valence-corrected chi connectivity index (χ1v) is 9.29. The summed E-state index contributed by atoms with van der Waals surface area (Å²) in [6.45, 7) is 1.12. The Labute approximate surface area is 140 Å². The van der Waals surface area contributed by atoms with Gasteiger partial charge in [-0.1, -0.05) is 18.2 Å². The third kappa shape index (κ3) is 3.44. The van der Waals surface area contributed by atoms with Crippen molar-refractivity contribution in [3.8, 4) is 5.75 Å². The molecule has 0 aliphatic carbocycles. The van der Waals surface area contributed by atoms with Crippen molar-refractivity contribution in [1.82, 2.24) is 4.90 Å². The minimum absolute atomic E-state index is 0.103. The van der Waals surface area contributed by atoms with Crippen LogP contribution in [0.4, 0.5) is 0 Å². The maximum Gasteiger partial charge on any atom is 0.233 e. The van der Waals surface area contributed by atoms with Crippen molar-refractivity contribution in [2.75, 3.05) is 18.9 Å². The summed E-state index contributed by atoms with van der Waals surface area (Å²) in [7, 11) is 0. The molecule has 21 heavy (non-hydrogen) atoms. The number of halogens is 1.